The Morgan fingerprint density at radius 3 is 2.72 bits per heavy atom. The minimum atomic E-state index is -0.433. The van der Waals surface area contributed by atoms with Crippen molar-refractivity contribution in [3.8, 4) is 17.0 Å². The van der Waals surface area contributed by atoms with Gasteiger partial charge in [-0.2, -0.15) is 0 Å². The number of ether oxygens (including phenoxy) is 1. The summed E-state index contributed by atoms with van der Waals surface area (Å²) < 4.78 is 5.19. The summed E-state index contributed by atoms with van der Waals surface area (Å²) in [5.41, 5.74) is 2.73. The molecule has 0 amide bonds. The van der Waals surface area contributed by atoms with Crippen LogP contribution in [0.5, 0.6) is 5.75 Å². The van der Waals surface area contributed by atoms with Gasteiger partial charge in [0, 0.05) is 11.8 Å². The Balaban J connectivity index is 2.28. The number of aliphatic hydroxyl groups excluding tert-OH is 1. The number of methoxy groups -OCH3 is 1. The predicted octanol–water partition coefficient (Wildman–Crippen LogP) is 3.20. The molecule has 0 fully saturated rings. The SMILES string of the molecule is CC[C@H](O)c1ccc(-c2cccc(OC)c2)nc1. The van der Waals surface area contributed by atoms with Gasteiger partial charge in [0.1, 0.15) is 5.75 Å². The van der Waals surface area contributed by atoms with E-state index in [0.717, 1.165) is 22.6 Å². The zero-order valence-electron chi connectivity index (χ0n) is 10.6. The van der Waals surface area contributed by atoms with Crippen molar-refractivity contribution < 1.29 is 9.84 Å². The topological polar surface area (TPSA) is 42.4 Å². The van der Waals surface area contributed by atoms with Crippen LogP contribution in [0.15, 0.2) is 42.6 Å². The first-order valence-corrected chi connectivity index (χ1v) is 6.03. The van der Waals surface area contributed by atoms with Crippen molar-refractivity contribution in [2.75, 3.05) is 7.11 Å². The third kappa shape index (κ3) is 2.68. The minimum Gasteiger partial charge on any atom is -0.497 e. The standard InChI is InChI=1S/C15H17NO2/c1-3-15(17)12-7-8-14(16-10-12)11-5-4-6-13(9-11)18-2/h4-10,15,17H,3H2,1-2H3/t15-/m0/s1. The van der Waals surface area contributed by atoms with E-state index >= 15 is 0 Å². The molecule has 1 N–H and O–H groups in total. The normalized spacial score (nSPS) is 12.2. The van der Waals surface area contributed by atoms with E-state index in [0.29, 0.717) is 6.42 Å². The molecule has 1 heterocycles. The van der Waals surface area contributed by atoms with E-state index in [1.165, 1.54) is 0 Å². The fourth-order valence-corrected chi connectivity index (χ4v) is 1.79. The molecule has 3 heteroatoms. The van der Waals surface area contributed by atoms with Crippen LogP contribution in [0.4, 0.5) is 0 Å². The van der Waals surface area contributed by atoms with Gasteiger partial charge in [-0.25, -0.2) is 0 Å². The number of aromatic nitrogens is 1. The van der Waals surface area contributed by atoms with Crippen LogP contribution in [-0.2, 0) is 0 Å². The maximum absolute atomic E-state index is 9.71. The van der Waals surface area contributed by atoms with Crippen molar-refractivity contribution in [3.63, 3.8) is 0 Å². The molecule has 1 aromatic heterocycles. The molecule has 0 saturated heterocycles. The molecule has 2 aromatic rings. The summed E-state index contributed by atoms with van der Waals surface area (Å²) in [6.45, 7) is 1.95. The lowest BCUT2D eigenvalue weighted by Crippen LogP contribution is -1.96. The predicted molar refractivity (Wildman–Crippen MR) is 71.5 cm³/mol. The average Bonchev–Trinajstić information content (AvgIpc) is 2.46. The number of aliphatic hydroxyl groups is 1. The highest BCUT2D eigenvalue weighted by atomic mass is 16.5. The van der Waals surface area contributed by atoms with Crippen LogP contribution in [0.25, 0.3) is 11.3 Å². The van der Waals surface area contributed by atoms with Crippen molar-refractivity contribution in [2.45, 2.75) is 19.4 Å². The Hall–Kier alpha value is -1.87. The lowest BCUT2D eigenvalue weighted by molar-refractivity contribution is 0.173. The van der Waals surface area contributed by atoms with Gasteiger partial charge in [-0.3, -0.25) is 4.98 Å². The molecule has 2 rings (SSSR count). The van der Waals surface area contributed by atoms with Gasteiger partial charge in [-0.1, -0.05) is 25.1 Å². The number of nitrogens with zero attached hydrogens (tertiary/aromatic N) is 1. The molecule has 0 aliphatic carbocycles. The first-order chi connectivity index (χ1) is 8.74. The highest BCUT2D eigenvalue weighted by Gasteiger charge is 2.06. The monoisotopic (exact) mass is 243 g/mol. The molecule has 0 bridgehead atoms. The van der Waals surface area contributed by atoms with Crippen molar-refractivity contribution in [1.82, 2.24) is 4.98 Å². The van der Waals surface area contributed by atoms with Gasteiger partial charge < -0.3 is 9.84 Å². The summed E-state index contributed by atoms with van der Waals surface area (Å²) in [7, 11) is 1.65. The summed E-state index contributed by atoms with van der Waals surface area (Å²) in [5.74, 6) is 0.812. The zero-order chi connectivity index (χ0) is 13.0. The van der Waals surface area contributed by atoms with E-state index in [-0.39, 0.29) is 0 Å². The maximum atomic E-state index is 9.71. The van der Waals surface area contributed by atoms with E-state index in [1.54, 1.807) is 13.3 Å². The number of hydrogen-bond acceptors (Lipinski definition) is 3. The van der Waals surface area contributed by atoms with Gasteiger partial charge in [-0.05, 0) is 30.2 Å². The van der Waals surface area contributed by atoms with Gasteiger partial charge in [-0.15, -0.1) is 0 Å². The molecule has 0 radical (unpaired) electrons. The van der Waals surface area contributed by atoms with Gasteiger partial charge >= 0.3 is 0 Å². The molecule has 94 valence electrons. The van der Waals surface area contributed by atoms with Gasteiger partial charge in [0.05, 0.1) is 18.9 Å². The summed E-state index contributed by atoms with van der Waals surface area (Å²) in [5, 5.41) is 9.71. The fourth-order valence-electron chi connectivity index (χ4n) is 1.79. The zero-order valence-corrected chi connectivity index (χ0v) is 10.6. The smallest absolute Gasteiger partial charge is 0.119 e. The highest BCUT2D eigenvalue weighted by molar-refractivity contribution is 5.61. The molecule has 0 aliphatic heterocycles. The van der Waals surface area contributed by atoms with Crippen LogP contribution in [0.2, 0.25) is 0 Å². The Kier molecular flexibility index (Phi) is 3.95. The summed E-state index contributed by atoms with van der Waals surface area (Å²) in [4.78, 5) is 4.38. The third-order valence-corrected chi connectivity index (χ3v) is 2.92. The molecule has 0 spiro atoms. The minimum absolute atomic E-state index is 0.433. The Bertz CT molecular complexity index is 508. The molecule has 0 unspecified atom stereocenters. The number of hydrogen-bond donors (Lipinski definition) is 1. The van der Waals surface area contributed by atoms with Crippen molar-refractivity contribution >= 4 is 0 Å². The second-order valence-corrected chi connectivity index (χ2v) is 4.13. The van der Waals surface area contributed by atoms with Crippen molar-refractivity contribution in [1.29, 1.82) is 0 Å². The van der Waals surface area contributed by atoms with E-state index in [2.05, 4.69) is 4.98 Å². The van der Waals surface area contributed by atoms with Crippen LogP contribution in [-0.4, -0.2) is 17.2 Å². The summed E-state index contributed by atoms with van der Waals surface area (Å²) in [6.07, 6.45) is 1.99. The van der Waals surface area contributed by atoms with Crippen LogP contribution < -0.4 is 4.74 Å². The van der Waals surface area contributed by atoms with Crippen LogP contribution in [0.3, 0.4) is 0 Å². The second kappa shape index (κ2) is 5.65. The molecular weight excluding hydrogens is 226 g/mol. The first kappa shape index (κ1) is 12.6. The summed E-state index contributed by atoms with van der Waals surface area (Å²) >= 11 is 0. The lowest BCUT2D eigenvalue weighted by atomic mass is 10.1. The second-order valence-electron chi connectivity index (χ2n) is 4.13. The van der Waals surface area contributed by atoms with Crippen LogP contribution in [0.1, 0.15) is 25.0 Å². The van der Waals surface area contributed by atoms with Crippen LogP contribution in [0, 0.1) is 0 Å². The number of pyridine rings is 1. The number of rotatable bonds is 4. The number of benzene rings is 1. The van der Waals surface area contributed by atoms with E-state index in [4.69, 9.17) is 4.74 Å². The molecule has 0 aliphatic rings. The maximum Gasteiger partial charge on any atom is 0.119 e. The Labute approximate surface area is 107 Å². The Morgan fingerprint density at radius 1 is 1.28 bits per heavy atom. The quantitative estimate of drug-likeness (QED) is 0.896. The van der Waals surface area contributed by atoms with Gasteiger partial charge in [0.25, 0.3) is 0 Å². The van der Waals surface area contributed by atoms with E-state index in [1.807, 2.05) is 43.3 Å². The van der Waals surface area contributed by atoms with Gasteiger partial charge in [0.15, 0.2) is 0 Å². The molecule has 1 atom stereocenters. The van der Waals surface area contributed by atoms with E-state index in [9.17, 15) is 5.11 Å². The van der Waals surface area contributed by atoms with E-state index < -0.39 is 6.10 Å². The molecule has 18 heavy (non-hydrogen) atoms. The van der Waals surface area contributed by atoms with Crippen molar-refractivity contribution in [2.24, 2.45) is 0 Å². The third-order valence-electron chi connectivity index (χ3n) is 2.92. The molecule has 3 nitrogen and oxygen atoms in total. The lowest BCUT2D eigenvalue weighted by Gasteiger charge is -2.09. The van der Waals surface area contributed by atoms with Gasteiger partial charge in [0.2, 0.25) is 0 Å². The molecule has 0 saturated carbocycles. The highest BCUT2D eigenvalue weighted by Crippen LogP contribution is 2.23. The Morgan fingerprint density at radius 2 is 2.11 bits per heavy atom. The molecular formula is C15H17NO2. The van der Waals surface area contributed by atoms with Crippen molar-refractivity contribution in [3.05, 3.63) is 48.2 Å². The fraction of sp³-hybridized carbons (Fsp3) is 0.267. The van der Waals surface area contributed by atoms with Crippen LogP contribution >= 0.6 is 0 Å². The summed E-state index contributed by atoms with van der Waals surface area (Å²) in [6, 6.07) is 11.6. The largest absolute Gasteiger partial charge is 0.497 e. The first-order valence-electron chi connectivity index (χ1n) is 6.03. The molecule has 1 aromatic carbocycles. The average molecular weight is 243 g/mol.